The van der Waals surface area contributed by atoms with Gasteiger partial charge >= 0.3 is 0 Å². The summed E-state index contributed by atoms with van der Waals surface area (Å²) in [7, 11) is 0. The molecule has 0 saturated carbocycles. The number of nitrogens with zero attached hydrogens (tertiary/aromatic N) is 2. The number of fused-ring (bicyclic) bond motifs is 1. The summed E-state index contributed by atoms with van der Waals surface area (Å²) in [6.07, 6.45) is 3.85. The zero-order chi connectivity index (χ0) is 17.2. The third-order valence-electron chi connectivity index (χ3n) is 4.48. The van der Waals surface area contributed by atoms with E-state index in [9.17, 15) is 9.18 Å². The number of benzene rings is 2. The van der Waals surface area contributed by atoms with Gasteiger partial charge in [0.15, 0.2) is 0 Å². The SMILES string of the molecule is O=Cc1ccc(OCc2nn(-c3ccc(F)cc3)c3c2CCC3)cc1. The Balaban J connectivity index is 1.58. The van der Waals surface area contributed by atoms with Crippen molar-refractivity contribution in [2.24, 2.45) is 0 Å². The zero-order valence-electron chi connectivity index (χ0n) is 13.6. The average molecular weight is 336 g/mol. The highest BCUT2D eigenvalue weighted by atomic mass is 19.1. The molecule has 1 aliphatic carbocycles. The maximum Gasteiger partial charge on any atom is 0.150 e. The summed E-state index contributed by atoms with van der Waals surface area (Å²) in [6.45, 7) is 0.372. The summed E-state index contributed by atoms with van der Waals surface area (Å²) >= 11 is 0. The molecule has 126 valence electrons. The molecule has 0 unspecified atom stereocenters. The summed E-state index contributed by atoms with van der Waals surface area (Å²) in [5.74, 6) is 0.448. The Bertz CT molecular complexity index is 899. The highest BCUT2D eigenvalue weighted by Crippen LogP contribution is 2.28. The van der Waals surface area contributed by atoms with Gasteiger partial charge in [0.2, 0.25) is 0 Å². The van der Waals surface area contributed by atoms with Crippen molar-refractivity contribution >= 4 is 6.29 Å². The van der Waals surface area contributed by atoms with Gasteiger partial charge < -0.3 is 4.74 Å². The number of ether oxygens (including phenoxy) is 1. The Labute approximate surface area is 144 Å². The van der Waals surface area contributed by atoms with E-state index in [1.165, 1.54) is 23.4 Å². The topological polar surface area (TPSA) is 44.1 Å². The van der Waals surface area contributed by atoms with Gasteiger partial charge in [0.1, 0.15) is 30.2 Å². The third-order valence-corrected chi connectivity index (χ3v) is 4.48. The van der Waals surface area contributed by atoms with Crippen LogP contribution in [-0.2, 0) is 19.4 Å². The van der Waals surface area contributed by atoms with Gasteiger partial charge in [-0.15, -0.1) is 0 Å². The highest BCUT2D eigenvalue weighted by Gasteiger charge is 2.23. The van der Waals surface area contributed by atoms with Crippen molar-refractivity contribution in [3.05, 3.63) is 76.9 Å². The van der Waals surface area contributed by atoms with Gasteiger partial charge in [-0.2, -0.15) is 5.10 Å². The van der Waals surface area contributed by atoms with Crippen molar-refractivity contribution in [1.29, 1.82) is 0 Å². The molecule has 3 aromatic rings. The van der Waals surface area contributed by atoms with Crippen molar-refractivity contribution in [3.8, 4) is 11.4 Å². The van der Waals surface area contributed by atoms with Crippen LogP contribution in [0.2, 0.25) is 0 Å². The molecule has 2 aromatic carbocycles. The molecule has 4 nitrogen and oxygen atoms in total. The fraction of sp³-hybridized carbons (Fsp3) is 0.200. The molecule has 4 rings (SSSR count). The summed E-state index contributed by atoms with van der Waals surface area (Å²) in [6, 6.07) is 13.4. The van der Waals surface area contributed by atoms with Gasteiger partial charge in [0, 0.05) is 16.8 Å². The second-order valence-corrected chi connectivity index (χ2v) is 6.09. The first-order valence-electron chi connectivity index (χ1n) is 8.28. The molecule has 0 spiro atoms. The molecular weight excluding hydrogens is 319 g/mol. The lowest BCUT2D eigenvalue weighted by Crippen LogP contribution is -2.03. The minimum atomic E-state index is -0.255. The van der Waals surface area contributed by atoms with Crippen LogP contribution in [0.4, 0.5) is 4.39 Å². The average Bonchev–Trinajstić information content (AvgIpc) is 3.24. The number of aromatic nitrogens is 2. The molecule has 25 heavy (non-hydrogen) atoms. The van der Waals surface area contributed by atoms with E-state index in [-0.39, 0.29) is 5.82 Å². The van der Waals surface area contributed by atoms with Gasteiger partial charge in [0.05, 0.1) is 5.69 Å². The number of hydrogen-bond donors (Lipinski definition) is 0. The van der Waals surface area contributed by atoms with Crippen molar-refractivity contribution in [1.82, 2.24) is 9.78 Å². The van der Waals surface area contributed by atoms with E-state index in [1.54, 1.807) is 36.4 Å². The molecule has 1 aliphatic rings. The van der Waals surface area contributed by atoms with E-state index < -0.39 is 0 Å². The van der Waals surface area contributed by atoms with Crippen molar-refractivity contribution in [2.75, 3.05) is 0 Å². The van der Waals surface area contributed by atoms with Crippen LogP contribution in [0, 0.1) is 5.82 Å². The minimum Gasteiger partial charge on any atom is -0.487 e. The number of aldehydes is 1. The Morgan fingerprint density at radius 1 is 1.08 bits per heavy atom. The Hall–Kier alpha value is -2.95. The van der Waals surface area contributed by atoms with Crippen LogP contribution in [0.1, 0.15) is 33.7 Å². The minimum absolute atomic E-state index is 0.255. The number of carbonyl (C=O) groups excluding carboxylic acids is 1. The van der Waals surface area contributed by atoms with Crippen LogP contribution in [0.15, 0.2) is 48.5 Å². The van der Waals surface area contributed by atoms with Crippen LogP contribution in [0.3, 0.4) is 0 Å². The van der Waals surface area contributed by atoms with Gasteiger partial charge in [-0.05, 0) is 67.8 Å². The second kappa shape index (κ2) is 6.51. The number of hydrogen-bond acceptors (Lipinski definition) is 3. The van der Waals surface area contributed by atoms with Gasteiger partial charge in [-0.3, -0.25) is 4.79 Å². The summed E-state index contributed by atoms with van der Waals surface area (Å²) in [5, 5.41) is 4.69. The largest absolute Gasteiger partial charge is 0.487 e. The van der Waals surface area contributed by atoms with E-state index in [0.717, 1.165) is 36.9 Å². The van der Waals surface area contributed by atoms with Crippen LogP contribution < -0.4 is 4.74 Å². The molecule has 0 amide bonds. The maximum atomic E-state index is 13.2. The lowest BCUT2D eigenvalue weighted by atomic mass is 10.2. The molecule has 5 heteroatoms. The molecule has 1 aromatic heterocycles. The number of halogens is 1. The normalized spacial score (nSPS) is 12.8. The number of rotatable bonds is 5. The lowest BCUT2D eigenvalue weighted by molar-refractivity contribution is 0.112. The summed E-state index contributed by atoms with van der Waals surface area (Å²) in [4.78, 5) is 10.7. The first kappa shape index (κ1) is 15.6. The van der Waals surface area contributed by atoms with Crippen LogP contribution in [-0.4, -0.2) is 16.1 Å². The maximum absolute atomic E-state index is 13.2. The Morgan fingerprint density at radius 2 is 1.84 bits per heavy atom. The van der Waals surface area contributed by atoms with E-state index in [4.69, 9.17) is 9.84 Å². The molecule has 1 heterocycles. The molecule has 0 fully saturated rings. The summed E-state index contributed by atoms with van der Waals surface area (Å²) in [5.41, 5.74) is 4.81. The quantitative estimate of drug-likeness (QED) is 0.664. The fourth-order valence-corrected chi connectivity index (χ4v) is 3.22. The van der Waals surface area contributed by atoms with E-state index >= 15 is 0 Å². The predicted molar refractivity (Wildman–Crippen MR) is 91.7 cm³/mol. The van der Waals surface area contributed by atoms with Gasteiger partial charge in [-0.25, -0.2) is 9.07 Å². The molecule has 0 N–H and O–H groups in total. The van der Waals surface area contributed by atoms with Crippen LogP contribution >= 0.6 is 0 Å². The lowest BCUT2D eigenvalue weighted by Gasteiger charge is -2.06. The highest BCUT2D eigenvalue weighted by molar-refractivity contribution is 5.74. The zero-order valence-corrected chi connectivity index (χ0v) is 13.6. The van der Waals surface area contributed by atoms with Crippen LogP contribution in [0.25, 0.3) is 5.69 Å². The molecule has 0 bridgehead atoms. The molecular formula is C20H17FN2O2. The van der Waals surface area contributed by atoms with E-state index in [1.807, 2.05) is 4.68 Å². The first-order valence-corrected chi connectivity index (χ1v) is 8.28. The first-order chi connectivity index (χ1) is 12.2. The molecule has 0 atom stereocenters. The van der Waals surface area contributed by atoms with E-state index in [2.05, 4.69) is 0 Å². The standard InChI is InChI=1S/C20H17FN2O2/c21-15-6-8-16(9-7-15)23-20-3-1-2-18(20)19(22-23)13-25-17-10-4-14(12-24)5-11-17/h4-12H,1-3,13H2. The van der Waals surface area contributed by atoms with Crippen molar-refractivity contribution in [3.63, 3.8) is 0 Å². The molecule has 0 aliphatic heterocycles. The van der Waals surface area contributed by atoms with Gasteiger partial charge in [-0.1, -0.05) is 0 Å². The Kier molecular flexibility index (Phi) is 4.06. The van der Waals surface area contributed by atoms with E-state index in [0.29, 0.717) is 17.9 Å². The number of carbonyl (C=O) groups is 1. The fourth-order valence-electron chi connectivity index (χ4n) is 3.22. The molecule has 0 saturated heterocycles. The third kappa shape index (κ3) is 3.05. The smallest absolute Gasteiger partial charge is 0.150 e. The summed E-state index contributed by atoms with van der Waals surface area (Å²) < 4.78 is 20.9. The molecule has 0 radical (unpaired) electrons. The van der Waals surface area contributed by atoms with Crippen LogP contribution in [0.5, 0.6) is 5.75 Å². The van der Waals surface area contributed by atoms with Crippen molar-refractivity contribution in [2.45, 2.75) is 25.9 Å². The van der Waals surface area contributed by atoms with Crippen molar-refractivity contribution < 1.29 is 13.9 Å². The van der Waals surface area contributed by atoms with Gasteiger partial charge in [0.25, 0.3) is 0 Å². The Morgan fingerprint density at radius 3 is 2.56 bits per heavy atom. The monoisotopic (exact) mass is 336 g/mol. The second-order valence-electron chi connectivity index (χ2n) is 6.09. The predicted octanol–water partition coefficient (Wildman–Crippen LogP) is 3.89.